The van der Waals surface area contributed by atoms with Crippen LogP contribution in [0.15, 0.2) is 36.4 Å². The molecule has 104 valence electrons. The van der Waals surface area contributed by atoms with Gasteiger partial charge in [0.05, 0.1) is 0 Å². The Bertz CT molecular complexity index is 633. The second-order valence-corrected chi connectivity index (χ2v) is 5.72. The number of aryl methyl sites for hydroxylation is 3. The molecule has 2 aromatic carbocycles. The van der Waals surface area contributed by atoms with Crippen molar-refractivity contribution in [1.29, 1.82) is 0 Å². The predicted molar refractivity (Wildman–Crippen MR) is 81.9 cm³/mol. The van der Waals surface area contributed by atoms with Crippen molar-refractivity contribution < 1.29 is 4.74 Å². The Hall–Kier alpha value is -1.80. The summed E-state index contributed by atoms with van der Waals surface area (Å²) >= 11 is 0. The molecule has 0 bridgehead atoms. The third-order valence-electron chi connectivity index (χ3n) is 4.14. The molecule has 1 aliphatic rings. The van der Waals surface area contributed by atoms with Crippen molar-refractivity contribution in [1.82, 2.24) is 0 Å². The molecule has 0 aromatic heterocycles. The highest BCUT2D eigenvalue weighted by atomic mass is 16.5. The van der Waals surface area contributed by atoms with E-state index in [-0.39, 0.29) is 6.04 Å². The number of benzene rings is 2. The molecule has 2 nitrogen and oxygen atoms in total. The van der Waals surface area contributed by atoms with E-state index in [9.17, 15) is 0 Å². The van der Waals surface area contributed by atoms with Crippen molar-refractivity contribution in [3.05, 3.63) is 64.2 Å². The molecule has 0 aliphatic heterocycles. The molecule has 20 heavy (non-hydrogen) atoms. The molecular weight excluding hydrogens is 246 g/mol. The normalized spacial score (nSPS) is 17.1. The summed E-state index contributed by atoms with van der Waals surface area (Å²) < 4.78 is 5.95. The predicted octanol–water partition coefficient (Wildman–Crippen LogP) is 3.83. The van der Waals surface area contributed by atoms with Crippen LogP contribution in [0.25, 0.3) is 0 Å². The molecule has 2 N–H and O–H groups in total. The Morgan fingerprint density at radius 2 is 2.00 bits per heavy atom. The van der Waals surface area contributed by atoms with E-state index in [0.717, 1.165) is 18.6 Å². The fourth-order valence-corrected chi connectivity index (χ4v) is 2.83. The van der Waals surface area contributed by atoms with E-state index >= 15 is 0 Å². The van der Waals surface area contributed by atoms with Gasteiger partial charge in [-0.1, -0.05) is 29.8 Å². The maximum absolute atomic E-state index is 6.06. The van der Waals surface area contributed by atoms with Gasteiger partial charge in [0, 0.05) is 6.04 Å². The van der Waals surface area contributed by atoms with Crippen LogP contribution in [0.5, 0.6) is 5.75 Å². The topological polar surface area (TPSA) is 35.2 Å². The molecule has 0 radical (unpaired) electrons. The van der Waals surface area contributed by atoms with Gasteiger partial charge in [-0.2, -0.15) is 0 Å². The highest BCUT2D eigenvalue weighted by molar-refractivity contribution is 5.40. The van der Waals surface area contributed by atoms with Gasteiger partial charge in [0.25, 0.3) is 0 Å². The Kier molecular flexibility index (Phi) is 3.49. The Morgan fingerprint density at radius 3 is 2.85 bits per heavy atom. The Labute approximate surface area is 120 Å². The average molecular weight is 267 g/mol. The lowest BCUT2D eigenvalue weighted by molar-refractivity contribution is 0.305. The first kappa shape index (κ1) is 13.2. The minimum atomic E-state index is 0.207. The van der Waals surface area contributed by atoms with E-state index in [4.69, 9.17) is 10.5 Å². The SMILES string of the molecule is Cc1ccc(C)c(COc2ccc3c(c2)CC[C@H]3N)c1. The minimum absolute atomic E-state index is 0.207. The van der Waals surface area contributed by atoms with Crippen molar-refractivity contribution in [2.24, 2.45) is 5.73 Å². The first-order valence-corrected chi connectivity index (χ1v) is 7.21. The van der Waals surface area contributed by atoms with Gasteiger partial charge in [-0.05, 0) is 61.1 Å². The van der Waals surface area contributed by atoms with Crippen LogP contribution >= 0.6 is 0 Å². The summed E-state index contributed by atoms with van der Waals surface area (Å²) in [6.07, 6.45) is 2.12. The third-order valence-corrected chi connectivity index (χ3v) is 4.14. The van der Waals surface area contributed by atoms with Crippen molar-refractivity contribution in [3.63, 3.8) is 0 Å². The number of fused-ring (bicyclic) bond motifs is 1. The van der Waals surface area contributed by atoms with Crippen LogP contribution in [0.3, 0.4) is 0 Å². The van der Waals surface area contributed by atoms with Crippen molar-refractivity contribution >= 4 is 0 Å². The van der Waals surface area contributed by atoms with Gasteiger partial charge >= 0.3 is 0 Å². The van der Waals surface area contributed by atoms with E-state index in [2.05, 4.69) is 44.2 Å². The van der Waals surface area contributed by atoms with E-state index in [1.165, 1.54) is 27.8 Å². The molecule has 3 rings (SSSR count). The van der Waals surface area contributed by atoms with E-state index in [1.54, 1.807) is 0 Å². The lowest BCUT2D eigenvalue weighted by Gasteiger charge is -2.11. The van der Waals surface area contributed by atoms with Gasteiger partial charge in [0.1, 0.15) is 12.4 Å². The lowest BCUT2D eigenvalue weighted by Crippen LogP contribution is -2.05. The summed E-state index contributed by atoms with van der Waals surface area (Å²) in [5.74, 6) is 0.943. The van der Waals surface area contributed by atoms with Crippen LogP contribution in [-0.4, -0.2) is 0 Å². The van der Waals surface area contributed by atoms with E-state index in [0.29, 0.717) is 6.61 Å². The maximum atomic E-state index is 6.06. The standard InChI is InChI=1S/C18H21NO/c1-12-3-4-13(2)15(9-12)11-20-16-6-7-17-14(10-16)5-8-18(17)19/h3-4,6-7,9-10,18H,5,8,11,19H2,1-2H3/t18-/m1/s1. The number of rotatable bonds is 3. The molecule has 0 unspecified atom stereocenters. The van der Waals surface area contributed by atoms with Crippen LogP contribution in [-0.2, 0) is 13.0 Å². The number of hydrogen-bond acceptors (Lipinski definition) is 2. The molecule has 2 heteroatoms. The Morgan fingerprint density at radius 1 is 1.15 bits per heavy atom. The monoisotopic (exact) mass is 267 g/mol. The molecule has 1 atom stereocenters. The summed E-state index contributed by atoms with van der Waals surface area (Å²) in [5, 5.41) is 0. The summed E-state index contributed by atoms with van der Waals surface area (Å²) in [6, 6.07) is 13.0. The van der Waals surface area contributed by atoms with E-state index in [1.807, 2.05) is 6.07 Å². The second kappa shape index (κ2) is 5.29. The second-order valence-electron chi connectivity index (χ2n) is 5.72. The van der Waals surface area contributed by atoms with Gasteiger partial charge < -0.3 is 10.5 Å². The molecule has 0 saturated heterocycles. The highest BCUT2D eigenvalue weighted by Crippen LogP contribution is 2.32. The summed E-state index contributed by atoms with van der Waals surface area (Å²) in [4.78, 5) is 0. The zero-order valence-corrected chi connectivity index (χ0v) is 12.1. The molecule has 2 aromatic rings. The first-order chi connectivity index (χ1) is 9.63. The minimum Gasteiger partial charge on any atom is -0.489 e. The first-order valence-electron chi connectivity index (χ1n) is 7.21. The van der Waals surface area contributed by atoms with Crippen LogP contribution in [0, 0.1) is 13.8 Å². The lowest BCUT2D eigenvalue weighted by atomic mass is 10.1. The fourth-order valence-electron chi connectivity index (χ4n) is 2.83. The molecule has 0 saturated carbocycles. The third kappa shape index (κ3) is 2.56. The van der Waals surface area contributed by atoms with Crippen molar-refractivity contribution in [2.75, 3.05) is 0 Å². The highest BCUT2D eigenvalue weighted by Gasteiger charge is 2.19. The van der Waals surface area contributed by atoms with Gasteiger partial charge in [-0.3, -0.25) is 0 Å². The molecule has 0 heterocycles. The van der Waals surface area contributed by atoms with Crippen LogP contribution < -0.4 is 10.5 Å². The van der Waals surface area contributed by atoms with Crippen molar-refractivity contribution in [2.45, 2.75) is 39.3 Å². The van der Waals surface area contributed by atoms with Gasteiger partial charge in [-0.25, -0.2) is 0 Å². The number of nitrogens with two attached hydrogens (primary N) is 1. The van der Waals surface area contributed by atoms with Gasteiger partial charge in [-0.15, -0.1) is 0 Å². The van der Waals surface area contributed by atoms with Crippen molar-refractivity contribution in [3.8, 4) is 5.75 Å². The molecular formula is C18H21NO. The molecule has 0 spiro atoms. The number of ether oxygens (including phenoxy) is 1. The summed E-state index contributed by atoms with van der Waals surface area (Å²) in [7, 11) is 0. The summed E-state index contributed by atoms with van der Waals surface area (Å²) in [5.41, 5.74) is 12.5. The quantitative estimate of drug-likeness (QED) is 0.917. The van der Waals surface area contributed by atoms with Crippen LogP contribution in [0.4, 0.5) is 0 Å². The van der Waals surface area contributed by atoms with Gasteiger partial charge in [0.15, 0.2) is 0 Å². The zero-order chi connectivity index (χ0) is 14.1. The maximum Gasteiger partial charge on any atom is 0.120 e. The molecule has 0 amide bonds. The van der Waals surface area contributed by atoms with Crippen LogP contribution in [0.2, 0.25) is 0 Å². The fraction of sp³-hybridized carbons (Fsp3) is 0.333. The smallest absolute Gasteiger partial charge is 0.120 e. The molecule has 1 aliphatic carbocycles. The van der Waals surface area contributed by atoms with E-state index < -0.39 is 0 Å². The largest absolute Gasteiger partial charge is 0.489 e. The zero-order valence-electron chi connectivity index (χ0n) is 12.1. The van der Waals surface area contributed by atoms with Crippen LogP contribution in [0.1, 0.15) is 40.3 Å². The Balaban J connectivity index is 1.74. The summed E-state index contributed by atoms with van der Waals surface area (Å²) in [6.45, 7) is 4.86. The average Bonchev–Trinajstić information content (AvgIpc) is 2.81. The number of hydrogen-bond donors (Lipinski definition) is 1. The van der Waals surface area contributed by atoms with Gasteiger partial charge in [0.2, 0.25) is 0 Å². The molecule has 0 fully saturated rings.